The number of nitrogens with one attached hydrogen (secondary N) is 1. The Bertz CT molecular complexity index is 500. The molecule has 5 nitrogen and oxygen atoms in total. The Morgan fingerprint density at radius 2 is 2.32 bits per heavy atom. The van der Waals surface area contributed by atoms with Crippen molar-refractivity contribution in [2.75, 3.05) is 5.32 Å². The van der Waals surface area contributed by atoms with E-state index in [1.807, 2.05) is 13.8 Å². The molecule has 1 aromatic rings. The van der Waals surface area contributed by atoms with Crippen molar-refractivity contribution in [1.82, 2.24) is 9.78 Å². The highest BCUT2D eigenvalue weighted by Crippen LogP contribution is 2.24. The molecule has 0 aliphatic heterocycles. The smallest absolute Gasteiger partial charge is 0.287 e. The Hall–Kier alpha value is -1.07. The van der Waals surface area contributed by atoms with Gasteiger partial charge >= 0.3 is 0 Å². The molecule has 0 spiro atoms. The van der Waals surface area contributed by atoms with Crippen LogP contribution in [0, 0.1) is 5.92 Å². The molecule has 3 N–H and O–H groups in total. The van der Waals surface area contributed by atoms with E-state index in [0.29, 0.717) is 18.2 Å². The number of rotatable bonds is 4. The zero-order chi connectivity index (χ0) is 14.0. The topological polar surface area (TPSA) is 72.9 Å². The normalized spacial score (nSPS) is 23.0. The van der Waals surface area contributed by atoms with E-state index in [2.05, 4.69) is 10.4 Å². The summed E-state index contributed by atoms with van der Waals surface area (Å²) in [5, 5.41) is 7.61. The van der Waals surface area contributed by atoms with Crippen molar-refractivity contribution in [2.24, 2.45) is 11.7 Å². The molecule has 1 saturated carbocycles. The van der Waals surface area contributed by atoms with Crippen molar-refractivity contribution >= 4 is 17.3 Å². The van der Waals surface area contributed by atoms with Gasteiger partial charge in [-0.15, -0.1) is 0 Å². The summed E-state index contributed by atoms with van der Waals surface area (Å²) in [5.41, 5.74) is 6.35. The molecule has 2 rings (SSSR count). The van der Waals surface area contributed by atoms with Crippen molar-refractivity contribution in [1.29, 1.82) is 0 Å². The number of hydrogen-bond acceptors (Lipinski definition) is 4. The summed E-state index contributed by atoms with van der Waals surface area (Å²) in [6.07, 6.45) is 4.74. The standard InChI is InChI=1S/C13H21ClN4O/c1-8(2)7-18-13(19)12(14)11(6-16-18)17-10-5-3-4-9(10)15/h6,8-10,17H,3-5,7,15H2,1-2H3. The SMILES string of the molecule is CC(C)Cn1ncc(NC2CCCC2N)c(Cl)c1=O. The molecule has 106 valence electrons. The molecule has 0 bridgehead atoms. The number of anilines is 1. The first-order valence-corrected chi connectivity index (χ1v) is 7.14. The monoisotopic (exact) mass is 284 g/mol. The first kappa shape index (κ1) is 14.3. The number of nitrogens with zero attached hydrogens (tertiary/aromatic N) is 2. The van der Waals surface area contributed by atoms with Crippen LogP contribution in [0.4, 0.5) is 5.69 Å². The molecular weight excluding hydrogens is 264 g/mol. The second-order valence-electron chi connectivity index (χ2n) is 5.60. The molecule has 0 radical (unpaired) electrons. The second kappa shape index (κ2) is 5.92. The Labute approximate surface area is 118 Å². The first-order chi connectivity index (χ1) is 8.99. The summed E-state index contributed by atoms with van der Waals surface area (Å²) < 4.78 is 1.41. The first-order valence-electron chi connectivity index (χ1n) is 6.76. The molecule has 1 aliphatic rings. The number of hydrogen-bond donors (Lipinski definition) is 2. The molecule has 0 saturated heterocycles. The molecule has 2 unspecified atom stereocenters. The van der Waals surface area contributed by atoms with E-state index in [4.69, 9.17) is 17.3 Å². The van der Waals surface area contributed by atoms with Crippen LogP contribution in [0.15, 0.2) is 11.0 Å². The van der Waals surface area contributed by atoms with Gasteiger partial charge in [0.05, 0.1) is 11.9 Å². The molecule has 1 heterocycles. The van der Waals surface area contributed by atoms with Gasteiger partial charge in [-0.1, -0.05) is 25.4 Å². The van der Waals surface area contributed by atoms with Crippen LogP contribution in [0.25, 0.3) is 0 Å². The van der Waals surface area contributed by atoms with Gasteiger partial charge in [0.1, 0.15) is 5.02 Å². The highest BCUT2D eigenvalue weighted by atomic mass is 35.5. The van der Waals surface area contributed by atoms with Gasteiger partial charge < -0.3 is 11.1 Å². The lowest BCUT2D eigenvalue weighted by atomic mass is 10.2. The lowest BCUT2D eigenvalue weighted by Gasteiger charge is -2.19. The summed E-state index contributed by atoms with van der Waals surface area (Å²) in [6.45, 7) is 4.64. The molecule has 6 heteroatoms. The Morgan fingerprint density at radius 1 is 1.58 bits per heavy atom. The Kier molecular flexibility index (Phi) is 4.47. The fourth-order valence-corrected chi connectivity index (χ4v) is 2.61. The predicted molar refractivity (Wildman–Crippen MR) is 77.6 cm³/mol. The summed E-state index contributed by atoms with van der Waals surface area (Å²) in [6, 6.07) is 0.300. The fraction of sp³-hybridized carbons (Fsp3) is 0.692. The molecular formula is C13H21ClN4O. The summed E-state index contributed by atoms with van der Waals surface area (Å²) >= 11 is 6.13. The van der Waals surface area contributed by atoms with E-state index in [1.54, 1.807) is 6.20 Å². The van der Waals surface area contributed by atoms with Crippen LogP contribution in [0.3, 0.4) is 0 Å². The van der Waals surface area contributed by atoms with Gasteiger partial charge in [0.25, 0.3) is 5.56 Å². The van der Waals surface area contributed by atoms with Gasteiger partial charge in [-0.3, -0.25) is 4.79 Å². The molecule has 19 heavy (non-hydrogen) atoms. The molecule has 1 aliphatic carbocycles. The van der Waals surface area contributed by atoms with Crippen molar-refractivity contribution in [3.05, 3.63) is 21.6 Å². The molecule has 2 atom stereocenters. The number of aromatic nitrogens is 2. The minimum absolute atomic E-state index is 0.120. The molecule has 1 aromatic heterocycles. The summed E-state index contributed by atoms with van der Waals surface area (Å²) in [5.74, 6) is 0.350. The zero-order valence-corrected chi connectivity index (χ0v) is 12.2. The van der Waals surface area contributed by atoms with Crippen LogP contribution < -0.4 is 16.6 Å². The largest absolute Gasteiger partial charge is 0.378 e. The van der Waals surface area contributed by atoms with Crippen LogP contribution in [-0.2, 0) is 6.54 Å². The third kappa shape index (κ3) is 3.28. The van der Waals surface area contributed by atoms with Gasteiger partial charge in [-0.05, 0) is 25.2 Å². The van der Waals surface area contributed by atoms with Crippen LogP contribution in [0.5, 0.6) is 0 Å². The molecule has 0 amide bonds. The van der Waals surface area contributed by atoms with Crippen molar-refractivity contribution in [2.45, 2.75) is 51.7 Å². The maximum atomic E-state index is 12.1. The quantitative estimate of drug-likeness (QED) is 0.885. The minimum atomic E-state index is -0.244. The number of nitrogens with two attached hydrogens (primary N) is 1. The van der Waals surface area contributed by atoms with Crippen LogP contribution in [-0.4, -0.2) is 21.9 Å². The summed E-state index contributed by atoms with van der Waals surface area (Å²) in [4.78, 5) is 12.1. The number of halogens is 1. The lowest BCUT2D eigenvalue weighted by molar-refractivity contribution is 0.464. The maximum Gasteiger partial charge on any atom is 0.287 e. The van der Waals surface area contributed by atoms with E-state index in [1.165, 1.54) is 4.68 Å². The Balaban J connectivity index is 2.18. The van der Waals surface area contributed by atoms with Crippen LogP contribution >= 0.6 is 11.6 Å². The highest BCUT2D eigenvalue weighted by Gasteiger charge is 2.24. The van der Waals surface area contributed by atoms with Crippen molar-refractivity contribution < 1.29 is 0 Å². The average molecular weight is 285 g/mol. The zero-order valence-electron chi connectivity index (χ0n) is 11.4. The molecule has 1 fully saturated rings. The highest BCUT2D eigenvalue weighted by molar-refractivity contribution is 6.32. The van der Waals surface area contributed by atoms with E-state index in [-0.39, 0.29) is 22.7 Å². The Morgan fingerprint density at radius 3 is 2.89 bits per heavy atom. The minimum Gasteiger partial charge on any atom is -0.378 e. The molecule has 0 aromatic carbocycles. The van der Waals surface area contributed by atoms with Crippen molar-refractivity contribution in [3.8, 4) is 0 Å². The van der Waals surface area contributed by atoms with E-state index < -0.39 is 0 Å². The average Bonchev–Trinajstić information content (AvgIpc) is 2.74. The third-order valence-corrected chi connectivity index (χ3v) is 3.80. The van der Waals surface area contributed by atoms with Gasteiger partial charge in [-0.25, -0.2) is 4.68 Å². The van der Waals surface area contributed by atoms with Crippen LogP contribution in [0.2, 0.25) is 5.02 Å². The van der Waals surface area contributed by atoms with Crippen LogP contribution in [0.1, 0.15) is 33.1 Å². The lowest BCUT2D eigenvalue weighted by Crippen LogP contribution is -2.36. The fourth-order valence-electron chi connectivity index (χ4n) is 2.41. The van der Waals surface area contributed by atoms with Gasteiger partial charge in [0, 0.05) is 18.6 Å². The predicted octanol–water partition coefficient (Wildman–Crippen LogP) is 1.84. The summed E-state index contributed by atoms with van der Waals surface area (Å²) in [7, 11) is 0. The van der Waals surface area contributed by atoms with Gasteiger partial charge in [0.15, 0.2) is 0 Å². The van der Waals surface area contributed by atoms with E-state index in [9.17, 15) is 4.79 Å². The maximum absolute atomic E-state index is 12.1. The van der Waals surface area contributed by atoms with Gasteiger partial charge in [0.2, 0.25) is 0 Å². The third-order valence-electron chi connectivity index (χ3n) is 3.43. The van der Waals surface area contributed by atoms with Crippen molar-refractivity contribution in [3.63, 3.8) is 0 Å². The van der Waals surface area contributed by atoms with E-state index >= 15 is 0 Å². The second-order valence-corrected chi connectivity index (χ2v) is 5.98. The van der Waals surface area contributed by atoms with Gasteiger partial charge in [-0.2, -0.15) is 5.10 Å². The van der Waals surface area contributed by atoms with E-state index in [0.717, 1.165) is 19.3 Å².